The molecule has 0 spiro atoms. The van der Waals surface area contributed by atoms with Crippen LogP contribution in [0.2, 0.25) is 0 Å². The number of nitrogens with zero attached hydrogens (tertiary/aromatic N) is 1. The summed E-state index contributed by atoms with van der Waals surface area (Å²) in [6.07, 6.45) is -0.399. The van der Waals surface area contributed by atoms with E-state index in [0.717, 1.165) is 11.0 Å². The summed E-state index contributed by atoms with van der Waals surface area (Å²) >= 11 is 0. The Hall–Kier alpha value is -0.900. The molecule has 16 heavy (non-hydrogen) atoms. The molecule has 1 N–H and O–H groups in total. The maximum absolute atomic E-state index is 9.72. The van der Waals surface area contributed by atoms with E-state index in [4.69, 9.17) is 4.74 Å². The highest BCUT2D eigenvalue weighted by atomic mass is 16.5. The van der Waals surface area contributed by atoms with Gasteiger partial charge in [0.05, 0.1) is 20.7 Å². The van der Waals surface area contributed by atoms with Gasteiger partial charge in [0.1, 0.15) is 19.2 Å². The predicted octanol–water partition coefficient (Wildman–Crippen LogP) is 1.27. The molecular formula is C13H22NO2+. The number of aliphatic hydroxyl groups is 1. The SMILES string of the molecule is COCC(O)C[N+](C)(C)Cc1ccccc1. The Morgan fingerprint density at radius 2 is 1.88 bits per heavy atom. The molecule has 1 aromatic carbocycles. The number of hydrogen-bond donors (Lipinski definition) is 1. The summed E-state index contributed by atoms with van der Waals surface area (Å²) in [5.41, 5.74) is 1.29. The Morgan fingerprint density at radius 1 is 1.25 bits per heavy atom. The number of quaternary nitrogens is 1. The summed E-state index contributed by atoms with van der Waals surface area (Å²) in [6, 6.07) is 10.3. The van der Waals surface area contributed by atoms with Crippen LogP contribution in [0, 0.1) is 0 Å². The van der Waals surface area contributed by atoms with E-state index in [-0.39, 0.29) is 0 Å². The van der Waals surface area contributed by atoms with Crippen LogP contribution in [0.4, 0.5) is 0 Å². The highest BCUT2D eigenvalue weighted by molar-refractivity contribution is 5.13. The van der Waals surface area contributed by atoms with Crippen molar-refractivity contribution in [3.8, 4) is 0 Å². The smallest absolute Gasteiger partial charge is 0.126 e. The Bertz CT molecular complexity index is 298. The number of rotatable bonds is 6. The Balaban J connectivity index is 2.51. The van der Waals surface area contributed by atoms with Crippen molar-refractivity contribution in [3.05, 3.63) is 35.9 Å². The third kappa shape index (κ3) is 4.75. The molecule has 0 aliphatic rings. The number of ether oxygens (including phenoxy) is 1. The van der Waals surface area contributed by atoms with Crippen LogP contribution in [0.5, 0.6) is 0 Å². The molecule has 0 aliphatic carbocycles. The third-order valence-electron chi connectivity index (χ3n) is 2.52. The van der Waals surface area contributed by atoms with Gasteiger partial charge in [-0.15, -0.1) is 0 Å². The molecule has 3 heteroatoms. The van der Waals surface area contributed by atoms with E-state index in [2.05, 4.69) is 26.2 Å². The summed E-state index contributed by atoms with van der Waals surface area (Å²) in [6.45, 7) is 2.01. The van der Waals surface area contributed by atoms with E-state index in [0.29, 0.717) is 13.2 Å². The molecule has 0 amide bonds. The molecule has 0 fully saturated rings. The van der Waals surface area contributed by atoms with Crippen LogP contribution in [0.15, 0.2) is 30.3 Å². The number of likely N-dealkylation sites (N-methyl/N-ethyl adjacent to an activating group) is 1. The molecule has 3 nitrogen and oxygen atoms in total. The fourth-order valence-corrected chi connectivity index (χ4v) is 1.96. The summed E-state index contributed by atoms with van der Waals surface area (Å²) in [5, 5.41) is 9.72. The van der Waals surface area contributed by atoms with Gasteiger partial charge in [0.2, 0.25) is 0 Å². The minimum absolute atomic E-state index is 0.399. The molecule has 0 heterocycles. The number of benzene rings is 1. The minimum Gasteiger partial charge on any atom is -0.385 e. The van der Waals surface area contributed by atoms with Crippen LogP contribution in [0.1, 0.15) is 5.56 Å². The van der Waals surface area contributed by atoms with E-state index in [1.54, 1.807) is 7.11 Å². The van der Waals surface area contributed by atoms with Crippen LogP contribution < -0.4 is 0 Å². The number of aliphatic hydroxyl groups excluding tert-OH is 1. The molecule has 1 unspecified atom stereocenters. The van der Waals surface area contributed by atoms with Gasteiger partial charge in [-0.3, -0.25) is 0 Å². The standard InChI is InChI=1S/C13H22NO2/c1-14(2,10-13(15)11-16-3)9-12-7-5-4-6-8-12/h4-8,13,15H,9-11H2,1-3H3/q+1. The number of methoxy groups -OCH3 is 1. The monoisotopic (exact) mass is 224 g/mol. The van der Waals surface area contributed by atoms with Crippen molar-refractivity contribution in [1.82, 2.24) is 0 Å². The van der Waals surface area contributed by atoms with E-state index >= 15 is 0 Å². The average Bonchev–Trinajstić information content (AvgIpc) is 2.17. The first-order valence-corrected chi connectivity index (χ1v) is 5.56. The molecule has 1 atom stereocenters. The van der Waals surface area contributed by atoms with E-state index in [1.165, 1.54) is 5.56 Å². The van der Waals surface area contributed by atoms with Gasteiger partial charge in [-0.05, 0) is 0 Å². The van der Waals surface area contributed by atoms with Gasteiger partial charge in [-0.2, -0.15) is 0 Å². The third-order valence-corrected chi connectivity index (χ3v) is 2.52. The first kappa shape index (κ1) is 13.2. The first-order chi connectivity index (χ1) is 7.53. The Kier molecular flexibility index (Phi) is 4.93. The fourth-order valence-electron chi connectivity index (χ4n) is 1.96. The molecule has 1 aromatic rings. The molecule has 1 rings (SSSR count). The van der Waals surface area contributed by atoms with Gasteiger partial charge < -0.3 is 14.3 Å². The van der Waals surface area contributed by atoms with Crippen LogP contribution >= 0.6 is 0 Å². The van der Waals surface area contributed by atoms with Gasteiger partial charge >= 0.3 is 0 Å². The van der Waals surface area contributed by atoms with Crippen molar-refractivity contribution in [1.29, 1.82) is 0 Å². The fraction of sp³-hybridized carbons (Fsp3) is 0.538. The van der Waals surface area contributed by atoms with E-state index in [9.17, 15) is 5.11 Å². The van der Waals surface area contributed by atoms with Crippen LogP contribution in [0.25, 0.3) is 0 Å². The lowest BCUT2D eigenvalue weighted by Gasteiger charge is -2.31. The highest BCUT2D eigenvalue weighted by Crippen LogP contribution is 2.09. The molecule has 90 valence electrons. The van der Waals surface area contributed by atoms with Gasteiger partial charge in [-0.25, -0.2) is 0 Å². The lowest BCUT2D eigenvalue weighted by molar-refractivity contribution is -0.906. The van der Waals surface area contributed by atoms with Crippen molar-refractivity contribution in [2.24, 2.45) is 0 Å². The molecular weight excluding hydrogens is 202 g/mol. The second kappa shape index (κ2) is 5.99. The quantitative estimate of drug-likeness (QED) is 0.737. The Morgan fingerprint density at radius 3 is 2.44 bits per heavy atom. The number of hydrogen-bond acceptors (Lipinski definition) is 2. The predicted molar refractivity (Wildman–Crippen MR) is 65.0 cm³/mol. The zero-order chi connectivity index (χ0) is 12.0. The molecule has 0 saturated carbocycles. The maximum atomic E-state index is 9.72. The zero-order valence-corrected chi connectivity index (χ0v) is 10.4. The molecule has 0 aliphatic heterocycles. The molecule has 0 bridgehead atoms. The van der Waals surface area contributed by atoms with Crippen molar-refractivity contribution < 1.29 is 14.3 Å². The lowest BCUT2D eigenvalue weighted by Crippen LogP contribution is -2.45. The van der Waals surface area contributed by atoms with Crippen LogP contribution in [-0.2, 0) is 11.3 Å². The van der Waals surface area contributed by atoms with Gasteiger partial charge in [0, 0.05) is 12.7 Å². The van der Waals surface area contributed by atoms with E-state index in [1.807, 2.05) is 18.2 Å². The first-order valence-electron chi connectivity index (χ1n) is 5.56. The van der Waals surface area contributed by atoms with Crippen LogP contribution in [0.3, 0.4) is 0 Å². The van der Waals surface area contributed by atoms with Crippen LogP contribution in [-0.4, -0.2) is 50.1 Å². The molecule has 0 saturated heterocycles. The summed E-state index contributed by atoms with van der Waals surface area (Å²) < 4.78 is 5.70. The van der Waals surface area contributed by atoms with E-state index < -0.39 is 6.10 Å². The summed E-state index contributed by atoms with van der Waals surface area (Å²) in [5.74, 6) is 0. The van der Waals surface area contributed by atoms with Gasteiger partial charge in [0.15, 0.2) is 0 Å². The zero-order valence-electron chi connectivity index (χ0n) is 10.4. The molecule has 0 radical (unpaired) electrons. The average molecular weight is 224 g/mol. The lowest BCUT2D eigenvalue weighted by atomic mass is 10.2. The minimum atomic E-state index is -0.399. The normalized spacial score (nSPS) is 13.8. The second-order valence-electron chi connectivity index (χ2n) is 4.87. The van der Waals surface area contributed by atoms with Crippen molar-refractivity contribution >= 4 is 0 Å². The van der Waals surface area contributed by atoms with Gasteiger partial charge in [0.25, 0.3) is 0 Å². The largest absolute Gasteiger partial charge is 0.385 e. The summed E-state index contributed by atoms with van der Waals surface area (Å²) in [7, 11) is 5.85. The topological polar surface area (TPSA) is 29.5 Å². The van der Waals surface area contributed by atoms with Gasteiger partial charge in [-0.1, -0.05) is 30.3 Å². The second-order valence-corrected chi connectivity index (χ2v) is 4.87. The Labute approximate surface area is 97.9 Å². The van der Waals surface area contributed by atoms with Crippen molar-refractivity contribution in [3.63, 3.8) is 0 Å². The maximum Gasteiger partial charge on any atom is 0.126 e. The highest BCUT2D eigenvalue weighted by Gasteiger charge is 2.20. The van der Waals surface area contributed by atoms with Crippen molar-refractivity contribution in [2.45, 2.75) is 12.6 Å². The summed E-state index contributed by atoms with van der Waals surface area (Å²) in [4.78, 5) is 0. The van der Waals surface area contributed by atoms with Crippen molar-refractivity contribution in [2.75, 3.05) is 34.4 Å². The molecule has 0 aromatic heterocycles.